The molecule has 0 saturated carbocycles. The van der Waals surface area contributed by atoms with Crippen molar-refractivity contribution in [2.45, 2.75) is 38.5 Å². The molecule has 146 valence electrons. The van der Waals surface area contributed by atoms with Gasteiger partial charge in [0.2, 0.25) is 5.95 Å². The molecule has 0 atom stereocenters. The van der Waals surface area contributed by atoms with E-state index in [0.29, 0.717) is 12.3 Å². The maximum Gasteiger partial charge on any atom is 0.303 e. The highest BCUT2D eigenvalue weighted by atomic mass is 16.4. The second-order valence-electron chi connectivity index (χ2n) is 7.11. The molecule has 3 N–H and O–H groups in total. The number of carboxylic acids is 1. The van der Waals surface area contributed by atoms with Crippen LogP contribution in [0.4, 0.5) is 11.8 Å². The summed E-state index contributed by atoms with van der Waals surface area (Å²) in [6.45, 7) is 3.44. The summed E-state index contributed by atoms with van der Waals surface area (Å²) in [5, 5.41) is 17.7. The van der Waals surface area contributed by atoms with Crippen molar-refractivity contribution < 1.29 is 9.90 Å². The van der Waals surface area contributed by atoms with Crippen LogP contribution < -0.4 is 10.6 Å². The second-order valence-corrected chi connectivity index (χ2v) is 7.11. The number of rotatable bonds is 5. The number of aliphatic carboxylic acids is 1. The van der Waals surface area contributed by atoms with E-state index in [2.05, 4.69) is 25.1 Å². The molecule has 28 heavy (non-hydrogen) atoms. The Hall–Kier alpha value is -3.23. The zero-order valence-electron chi connectivity index (χ0n) is 15.7. The molecule has 3 aromatic heterocycles. The number of hydrogen-bond acceptors (Lipinski definition) is 7. The molecular weight excluding hydrogens is 358 g/mol. The van der Waals surface area contributed by atoms with Crippen molar-refractivity contribution in [1.82, 2.24) is 24.6 Å². The summed E-state index contributed by atoms with van der Waals surface area (Å²) < 4.78 is 2.05. The summed E-state index contributed by atoms with van der Waals surface area (Å²) in [6, 6.07) is 5.89. The Morgan fingerprint density at radius 1 is 1.25 bits per heavy atom. The topological polar surface area (TPSA) is 123 Å². The number of nitrogens with zero attached hydrogens (tertiary/aromatic N) is 6. The monoisotopic (exact) mass is 381 g/mol. The molecule has 1 aliphatic rings. The molecule has 9 heteroatoms. The lowest BCUT2D eigenvalue weighted by molar-refractivity contribution is -0.136. The van der Waals surface area contributed by atoms with Crippen LogP contribution in [0.1, 0.15) is 42.3 Å². The van der Waals surface area contributed by atoms with Gasteiger partial charge in [-0.2, -0.15) is 4.98 Å². The van der Waals surface area contributed by atoms with Crippen LogP contribution in [0, 0.1) is 6.92 Å². The van der Waals surface area contributed by atoms with Crippen molar-refractivity contribution in [3.63, 3.8) is 0 Å². The average molecular weight is 381 g/mol. The van der Waals surface area contributed by atoms with Crippen LogP contribution in [-0.2, 0) is 11.2 Å². The molecule has 9 nitrogen and oxygen atoms in total. The maximum atomic E-state index is 11.0. The first-order valence-electron chi connectivity index (χ1n) is 9.42. The highest BCUT2D eigenvalue weighted by molar-refractivity contribution is 5.68. The molecule has 0 bridgehead atoms. The van der Waals surface area contributed by atoms with Crippen LogP contribution in [0.2, 0.25) is 0 Å². The zero-order chi connectivity index (χ0) is 19.7. The number of nitrogen functional groups attached to an aromatic ring is 1. The molecule has 0 amide bonds. The summed E-state index contributed by atoms with van der Waals surface area (Å²) in [6.07, 6.45) is 4.26. The van der Waals surface area contributed by atoms with E-state index >= 15 is 0 Å². The van der Waals surface area contributed by atoms with Gasteiger partial charge >= 0.3 is 5.97 Å². The number of hydrogen-bond donors (Lipinski definition) is 2. The van der Waals surface area contributed by atoms with Gasteiger partial charge in [-0.15, -0.1) is 10.2 Å². The van der Waals surface area contributed by atoms with Crippen LogP contribution in [-0.4, -0.2) is 48.7 Å². The van der Waals surface area contributed by atoms with Gasteiger partial charge in [0.15, 0.2) is 5.65 Å². The molecular formula is C19H23N7O2. The van der Waals surface area contributed by atoms with Gasteiger partial charge in [-0.05, 0) is 38.3 Å². The van der Waals surface area contributed by atoms with Gasteiger partial charge in [0, 0.05) is 42.9 Å². The summed E-state index contributed by atoms with van der Waals surface area (Å²) in [5.74, 6) is 1.45. The largest absolute Gasteiger partial charge is 0.481 e. The molecule has 4 heterocycles. The Morgan fingerprint density at radius 2 is 2.04 bits per heavy atom. The fraction of sp³-hybridized carbons (Fsp3) is 0.421. The molecule has 0 radical (unpaired) electrons. The van der Waals surface area contributed by atoms with E-state index in [1.807, 2.05) is 35.7 Å². The van der Waals surface area contributed by atoms with Crippen LogP contribution >= 0.6 is 0 Å². The number of carboxylic acid groups (broad SMARTS) is 1. The van der Waals surface area contributed by atoms with E-state index in [9.17, 15) is 4.79 Å². The van der Waals surface area contributed by atoms with Crippen molar-refractivity contribution >= 4 is 23.4 Å². The van der Waals surface area contributed by atoms with Gasteiger partial charge in [0.1, 0.15) is 11.6 Å². The highest BCUT2D eigenvalue weighted by Gasteiger charge is 2.27. The quantitative estimate of drug-likeness (QED) is 0.686. The van der Waals surface area contributed by atoms with Crippen LogP contribution in [0.5, 0.6) is 0 Å². The van der Waals surface area contributed by atoms with E-state index < -0.39 is 5.97 Å². The number of fused-ring (bicyclic) bond motifs is 1. The predicted octanol–water partition coefficient (Wildman–Crippen LogP) is 1.81. The van der Waals surface area contributed by atoms with Crippen LogP contribution in [0.25, 0.3) is 5.65 Å². The van der Waals surface area contributed by atoms with Crippen molar-refractivity contribution in [2.75, 3.05) is 23.7 Å². The first-order chi connectivity index (χ1) is 13.5. The number of pyridine rings is 1. The Balaban J connectivity index is 1.54. The third-order valence-corrected chi connectivity index (χ3v) is 5.30. The van der Waals surface area contributed by atoms with Gasteiger partial charge < -0.3 is 15.7 Å². The van der Waals surface area contributed by atoms with Gasteiger partial charge in [-0.1, -0.05) is 6.07 Å². The normalized spacial score (nSPS) is 15.2. The average Bonchev–Trinajstić information content (AvgIpc) is 3.11. The number of nitrogens with two attached hydrogens (primary N) is 1. The Kier molecular flexibility index (Phi) is 4.81. The van der Waals surface area contributed by atoms with Gasteiger partial charge in [-0.25, -0.2) is 4.98 Å². The molecule has 0 spiro atoms. The highest BCUT2D eigenvalue weighted by Crippen LogP contribution is 2.31. The van der Waals surface area contributed by atoms with Crippen molar-refractivity contribution in [3.05, 3.63) is 41.5 Å². The molecule has 0 aliphatic carbocycles. The zero-order valence-corrected chi connectivity index (χ0v) is 15.7. The van der Waals surface area contributed by atoms with E-state index in [-0.39, 0.29) is 12.4 Å². The van der Waals surface area contributed by atoms with E-state index in [0.717, 1.165) is 54.5 Å². The third-order valence-electron chi connectivity index (χ3n) is 5.30. The lowest BCUT2D eigenvalue weighted by atomic mass is 9.95. The van der Waals surface area contributed by atoms with E-state index in [1.54, 1.807) is 0 Å². The molecule has 0 aromatic carbocycles. The molecule has 0 unspecified atom stereocenters. The van der Waals surface area contributed by atoms with Crippen molar-refractivity contribution in [2.24, 2.45) is 0 Å². The SMILES string of the molecule is Cc1nc(N)nc(N2CCC(c3nnc4ccccn34)CC2)c1CCC(=O)O. The summed E-state index contributed by atoms with van der Waals surface area (Å²) in [4.78, 5) is 21.9. The summed E-state index contributed by atoms with van der Waals surface area (Å²) in [7, 11) is 0. The number of anilines is 2. The fourth-order valence-electron chi connectivity index (χ4n) is 3.88. The van der Waals surface area contributed by atoms with Crippen molar-refractivity contribution in [1.29, 1.82) is 0 Å². The Labute approximate surface area is 162 Å². The lowest BCUT2D eigenvalue weighted by Crippen LogP contribution is -2.35. The molecule has 1 saturated heterocycles. The van der Waals surface area contributed by atoms with Crippen molar-refractivity contribution in [3.8, 4) is 0 Å². The van der Waals surface area contributed by atoms with Gasteiger partial charge in [0.25, 0.3) is 0 Å². The Bertz CT molecular complexity index is 1010. The predicted molar refractivity (Wildman–Crippen MR) is 104 cm³/mol. The van der Waals surface area contributed by atoms with E-state index in [1.165, 1.54) is 0 Å². The molecule has 1 aliphatic heterocycles. The van der Waals surface area contributed by atoms with Gasteiger partial charge in [-0.3, -0.25) is 9.20 Å². The summed E-state index contributed by atoms with van der Waals surface area (Å²) in [5.41, 5.74) is 8.34. The first-order valence-corrected chi connectivity index (χ1v) is 9.42. The summed E-state index contributed by atoms with van der Waals surface area (Å²) >= 11 is 0. The Morgan fingerprint density at radius 3 is 2.79 bits per heavy atom. The standard InChI is InChI=1S/C19H23N7O2/c1-12-14(5-6-16(27)28)18(22-19(20)21-12)25-10-7-13(8-11-25)17-24-23-15-4-2-3-9-26(15)17/h2-4,9,13H,5-8,10-11H2,1H3,(H,27,28)(H2,20,21,22). The second kappa shape index (κ2) is 7.41. The third kappa shape index (κ3) is 3.47. The minimum Gasteiger partial charge on any atom is -0.481 e. The number of piperidine rings is 1. The molecule has 4 rings (SSSR count). The fourth-order valence-corrected chi connectivity index (χ4v) is 3.88. The minimum absolute atomic E-state index is 0.0450. The number of aryl methyl sites for hydroxylation is 1. The maximum absolute atomic E-state index is 11.0. The van der Waals surface area contributed by atoms with Gasteiger partial charge in [0.05, 0.1) is 0 Å². The molecule has 3 aromatic rings. The smallest absolute Gasteiger partial charge is 0.303 e. The van der Waals surface area contributed by atoms with Crippen LogP contribution in [0.15, 0.2) is 24.4 Å². The minimum atomic E-state index is -0.834. The van der Waals surface area contributed by atoms with E-state index in [4.69, 9.17) is 10.8 Å². The van der Waals surface area contributed by atoms with Crippen LogP contribution in [0.3, 0.4) is 0 Å². The lowest BCUT2D eigenvalue weighted by Gasteiger charge is -2.33. The number of carbonyl (C=O) groups is 1. The molecule has 1 fully saturated rings. The first kappa shape index (κ1) is 18.1. The number of aromatic nitrogens is 5.